The molecule has 18 nitrogen and oxygen atoms in total. The van der Waals surface area contributed by atoms with Gasteiger partial charge in [0.25, 0.3) is 0 Å². The van der Waals surface area contributed by atoms with Gasteiger partial charge in [0, 0.05) is 0 Å². The van der Waals surface area contributed by atoms with Gasteiger partial charge in [-0.15, -0.1) is 0 Å². The minimum absolute atomic E-state index is 0.0735. The molecular weight excluding hydrogens is 608 g/mol. The SMILES string of the molecule is Nc1ncnc2c1ncn2[C@@H]1O[C@@H]2CO[PH](=O)O[C@@H]3[C@@H](F)[C@@H](CO[PH](=O)O[C@H]2[C@H]1F)O[C@H]3n1cnc2c(N)ncnc21. The third-order valence-corrected chi connectivity index (χ3v) is 8.78. The lowest BCUT2D eigenvalue weighted by atomic mass is 10.1. The molecule has 3 aliphatic rings. The van der Waals surface area contributed by atoms with Crippen LogP contribution in [0.3, 0.4) is 0 Å². The lowest BCUT2D eigenvalue weighted by molar-refractivity contribution is -0.0553. The van der Waals surface area contributed by atoms with E-state index < -0.39 is 78.9 Å². The first-order valence-corrected chi connectivity index (χ1v) is 14.9. The maximum Gasteiger partial charge on any atom is 0.319 e. The first kappa shape index (κ1) is 27.6. The summed E-state index contributed by atoms with van der Waals surface area (Å²) in [4.78, 5) is 24.2. The Morgan fingerprint density at radius 3 is 1.86 bits per heavy atom. The molecule has 0 aromatic carbocycles. The van der Waals surface area contributed by atoms with Gasteiger partial charge in [-0.2, -0.15) is 0 Å². The van der Waals surface area contributed by atoms with Crippen LogP contribution in [-0.2, 0) is 36.7 Å². The van der Waals surface area contributed by atoms with Crippen molar-refractivity contribution in [2.24, 2.45) is 0 Å². The number of ether oxygens (including phenoxy) is 2. The number of nitrogens with two attached hydrogens (primary N) is 2. The van der Waals surface area contributed by atoms with Gasteiger partial charge in [0.15, 0.2) is 47.7 Å². The molecule has 4 N–H and O–H groups in total. The van der Waals surface area contributed by atoms with Crippen LogP contribution in [0.1, 0.15) is 12.5 Å². The summed E-state index contributed by atoms with van der Waals surface area (Å²) in [6.07, 6.45) is -7.13. The number of alkyl halides is 2. The summed E-state index contributed by atoms with van der Waals surface area (Å²) in [5.74, 6) is 0.153. The zero-order chi connectivity index (χ0) is 29.1. The fourth-order valence-corrected chi connectivity index (χ4v) is 6.78. The van der Waals surface area contributed by atoms with Crippen molar-refractivity contribution in [3.05, 3.63) is 25.3 Å². The standard InChI is InChI=1S/C20H22F2N10O8P2/c21-9-7-1-35-41(33)39-13-8(38-19(10(13)22)31-5-29-11-15(23)25-3-27-17(11)31)2-36-42(34)40-14(9)20(37-7)32-6-30-12-16(24)26-4-28-18(12)32/h3-10,13-14,19-20,41-42H,1-2H2,(H2,23,25,27)(H2,24,26,28)/t7-,8-,9+,10-,13-,14-,19-,20-/m1/s1. The van der Waals surface area contributed by atoms with E-state index in [1.807, 2.05) is 0 Å². The summed E-state index contributed by atoms with van der Waals surface area (Å²) < 4.78 is 92.8. The quantitative estimate of drug-likeness (QED) is 0.293. The molecule has 0 aliphatic carbocycles. The fourth-order valence-electron chi connectivity index (χ4n) is 5.07. The second kappa shape index (κ2) is 10.8. The van der Waals surface area contributed by atoms with Gasteiger partial charge in [0.1, 0.15) is 48.1 Å². The molecule has 3 aliphatic heterocycles. The van der Waals surface area contributed by atoms with E-state index in [4.69, 9.17) is 39.0 Å². The number of halogens is 2. The van der Waals surface area contributed by atoms with E-state index in [0.29, 0.717) is 0 Å². The molecule has 4 aromatic heterocycles. The fraction of sp³-hybridized carbons (Fsp3) is 0.500. The van der Waals surface area contributed by atoms with Gasteiger partial charge in [-0.1, -0.05) is 0 Å². The van der Waals surface area contributed by atoms with Gasteiger partial charge in [0.2, 0.25) is 0 Å². The molecule has 22 heteroatoms. The van der Waals surface area contributed by atoms with E-state index in [2.05, 4.69) is 29.9 Å². The molecular formula is C20H22F2N10O8P2. The van der Waals surface area contributed by atoms with Crippen LogP contribution in [0.4, 0.5) is 20.4 Å². The monoisotopic (exact) mass is 630 g/mol. The zero-order valence-electron chi connectivity index (χ0n) is 21.1. The molecule has 7 rings (SSSR count). The van der Waals surface area contributed by atoms with Gasteiger partial charge in [0.05, 0.1) is 25.9 Å². The Morgan fingerprint density at radius 1 is 0.714 bits per heavy atom. The Morgan fingerprint density at radius 2 is 1.24 bits per heavy atom. The Kier molecular flexibility index (Phi) is 7.10. The highest BCUT2D eigenvalue weighted by atomic mass is 31.1. The number of nitrogen functional groups attached to an aromatic ring is 2. The van der Waals surface area contributed by atoms with E-state index in [1.165, 1.54) is 34.4 Å². The van der Waals surface area contributed by atoms with E-state index in [1.54, 1.807) is 0 Å². The summed E-state index contributed by atoms with van der Waals surface area (Å²) in [5, 5.41) is 0. The van der Waals surface area contributed by atoms with Gasteiger partial charge < -0.3 is 34.5 Å². The van der Waals surface area contributed by atoms with Crippen molar-refractivity contribution >= 4 is 50.5 Å². The maximum absolute atomic E-state index is 15.8. The molecule has 10 atom stereocenters. The minimum atomic E-state index is -3.44. The van der Waals surface area contributed by atoms with Crippen LogP contribution in [-0.4, -0.2) is 89.0 Å². The van der Waals surface area contributed by atoms with Crippen molar-refractivity contribution in [2.45, 2.75) is 49.2 Å². The molecule has 224 valence electrons. The minimum Gasteiger partial charge on any atom is -0.382 e. The van der Waals surface area contributed by atoms with E-state index in [9.17, 15) is 9.13 Å². The number of rotatable bonds is 2. The van der Waals surface area contributed by atoms with Crippen molar-refractivity contribution in [3.8, 4) is 0 Å². The smallest absolute Gasteiger partial charge is 0.319 e. The first-order chi connectivity index (χ1) is 20.3. The highest BCUT2D eigenvalue weighted by molar-refractivity contribution is 7.33. The molecule has 42 heavy (non-hydrogen) atoms. The molecule has 0 spiro atoms. The van der Waals surface area contributed by atoms with E-state index in [0.717, 1.165) is 0 Å². The molecule has 2 unspecified atom stereocenters. The number of hydrogen-bond donors (Lipinski definition) is 2. The first-order valence-electron chi connectivity index (χ1n) is 12.4. The summed E-state index contributed by atoms with van der Waals surface area (Å²) in [7, 11) is -6.88. The van der Waals surface area contributed by atoms with Crippen LogP contribution in [0.25, 0.3) is 22.3 Å². The molecule has 0 amide bonds. The maximum atomic E-state index is 15.8. The largest absolute Gasteiger partial charge is 0.382 e. The Balaban J connectivity index is 1.15. The van der Waals surface area contributed by atoms with E-state index in [-0.39, 0.29) is 34.0 Å². The van der Waals surface area contributed by atoms with Crippen LogP contribution in [0.5, 0.6) is 0 Å². The van der Waals surface area contributed by atoms with Crippen LogP contribution in [0, 0.1) is 0 Å². The number of aromatic nitrogens is 8. The molecule has 7 heterocycles. The van der Waals surface area contributed by atoms with Crippen LogP contribution >= 0.6 is 16.5 Å². The van der Waals surface area contributed by atoms with Crippen molar-refractivity contribution in [3.63, 3.8) is 0 Å². The number of hydrogen-bond acceptors (Lipinski definition) is 16. The lowest BCUT2D eigenvalue weighted by Crippen LogP contribution is -2.32. The molecule has 3 saturated heterocycles. The number of fused-ring (bicyclic) bond motifs is 5. The Hall–Kier alpha value is -3.22. The van der Waals surface area contributed by atoms with Crippen molar-refractivity contribution in [1.82, 2.24) is 39.0 Å². The van der Waals surface area contributed by atoms with Gasteiger partial charge >= 0.3 is 16.5 Å². The van der Waals surface area contributed by atoms with Crippen LogP contribution < -0.4 is 11.5 Å². The molecule has 2 bridgehead atoms. The third kappa shape index (κ3) is 4.64. The topological polar surface area (TPSA) is 229 Å². The predicted molar refractivity (Wildman–Crippen MR) is 137 cm³/mol. The summed E-state index contributed by atoms with van der Waals surface area (Å²) in [6, 6.07) is 0. The highest BCUT2D eigenvalue weighted by Gasteiger charge is 2.51. The molecule has 0 radical (unpaired) electrons. The third-order valence-electron chi connectivity index (χ3n) is 7.05. The van der Waals surface area contributed by atoms with Crippen molar-refractivity contribution in [1.29, 1.82) is 0 Å². The van der Waals surface area contributed by atoms with E-state index >= 15 is 8.78 Å². The summed E-state index contributed by atoms with van der Waals surface area (Å²) in [5.41, 5.74) is 12.5. The number of nitrogens with zero attached hydrogens (tertiary/aromatic N) is 8. The average Bonchev–Trinajstić information content (AvgIpc) is 3.73. The van der Waals surface area contributed by atoms with Crippen molar-refractivity contribution < 1.29 is 45.5 Å². The summed E-state index contributed by atoms with van der Waals surface area (Å²) in [6.45, 7) is -1.10. The van der Waals surface area contributed by atoms with Crippen LogP contribution in [0.2, 0.25) is 0 Å². The zero-order valence-corrected chi connectivity index (χ0v) is 23.1. The van der Waals surface area contributed by atoms with Crippen LogP contribution in [0.15, 0.2) is 25.3 Å². The molecule has 0 saturated carbocycles. The van der Waals surface area contributed by atoms with Gasteiger partial charge in [-0.3, -0.25) is 22.8 Å². The normalized spacial score (nSPS) is 36.0. The van der Waals surface area contributed by atoms with Crippen molar-refractivity contribution in [2.75, 3.05) is 24.7 Å². The highest BCUT2D eigenvalue weighted by Crippen LogP contribution is 2.45. The predicted octanol–water partition coefficient (Wildman–Crippen LogP) is 0.898. The molecule has 4 aromatic rings. The number of imidazole rings is 2. The lowest BCUT2D eigenvalue weighted by Gasteiger charge is -2.22. The molecule has 3 fully saturated rings. The Bertz CT molecular complexity index is 1700. The second-order valence-electron chi connectivity index (χ2n) is 9.47. The van der Waals surface area contributed by atoms with Gasteiger partial charge in [-0.25, -0.2) is 38.7 Å². The Labute approximate surface area is 234 Å². The number of anilines is 2. The second-order valence-corrected chi connectivity index (χ2v) is 11.5. The average molecular weight is 630 g/mol. The van der Waals surface area contributed by atoms with Gasteiger partial charge in [-0.05, 0) is 0 Å². The summed E-state index contributed by atoms with van der Waals surface area (Å²) >= 11 is 0.